The van der Waals surface area contributed by atoms with Gasteiger partial charge in [0.1, 0.15) is 6.26 Å². The molecule has 50 valence electrons. The van der Waals surface area contributed by atoms with Gasteiger partial charge in [-0.05, 0) is 0 Å². The Labute approximate surface area is 50.4 Å². The molecule has 1 heterocycles. The number of nitrogens with zero attached hydrogens (tertiary/aromatic N) is 1. The van der Waals surface area contributed by atoms with Gasteiger partial charge in [0.15, 0.2) is 5.44 Å². The molecule has 2 N–H and O–H groups in total. The molecule has 6 heteroatoms. The minimum atomic E-state index is -4.18. The Morgan fingerprint density at radius 2 is 2.33 bits per heavy atom. The van der Waals surface area contributed by atoms with Crippen LogP contribution < -0.4 is 5.44 Å². The van der Waals surface area contributed by atoms with E-state index >= 15 is 0 Å². The van der Waals surface area contributed by atoms with E-state index in [0.717, 1.165) is 12.3 Å². The second-order valence-electron chi connectivity index (χ2n) is 1.40. The predicted octanol–water partition coefficient (Wildman–Crippen LogP) is -0.522. The van der Waals surface area contributed by atoms with Gasteiger partial charge in [-0.3, -0.25) is 4.57 Å². The molecule has 0 bridgehead atoms. The van der Waals surface area contributed by atoms with Gasteiger partial charge in [0.2, 0.25) is 0 Å². The summed E-state index contributed by atoms with van der Waals surface area (Å²) >= 11 is 0. The van der Waals surface area contributed by atoms with Gasteiger partial charge < -0.3 is 14.3 Å². The van der Waals surface area contributed by atoms with E-state index in [1.54, 1.807) is 0 Å². The van der Waals surface area contributed by atoms with E-state index in [9.17, 15) is 4.57 Å². The van der Waals surface area contributed by atoms with Crippen molar-refractivity contribution in [3.63, 3.8) is 0 Å². The van der Waals surface area contributed by atoms with E-state index in [-0.39, 0.29) is 5.44 Å². The summed E-state index contributed by atoms with van der Waals surface area (Å²) in [6, 6.07) is 1.13. The Kier molecular flexibility index (Phi) is 1.40. The minimum Gasteiger partial charge on any atom is -0.364 e. The zero-order valence-corrected chi connectivity index (χ0v) is 5.15. The summed E-state index contributed by atoms with van der Waals surface area (Å²) in [5, 5.41) is 3.05. The van der Waals surface area contributed by atoms with Gasteiger partial charge in [-0.15, -0.1) is 0 Å². The van der Waals surface area contributed by atoms with Crippen LogP contribution in [0.5, 0.6) is 0 Å². The van der Waals surface area contributed by atoms with Crippen molar-refractivity contribution in [3.8, 4) is 0 Å². The van der Waals surface area contributed by atoms with Gasteiger partial charge in [0.05, 0.1) is 0 Å². The second-order valence-corrected chi connectivity index (χ2v) is 2.95. The van der Waals surface area contributed by atoms with Gasteiger partial charge in [0, 0.05) is 6.07 Å². The molecular weight excluding hydrogens is 145 g/mol. The summed E-state index contributed by atoms with van der Waals surface area (Å²) in [5.74, 6) is 0. The predicted molar refractivity (Wildman–Crippen MR) is 28.2 cm³/mol. The van der Waals surface area contributed by atoms with Gasteiger partial charge >= 0.3 is 7.60 Å². The first-order valence-corrected chi connectivity index (χ1v) is 3.68. The number of aromatic nitrogens is 1. The van der Waals surface area contributed by atoms with Crippen LogP contribution in [-0.2, 0) is 4.57 Å². The Morgan fingerprint density at radius 1 is 1.67 bits per heavy atom. The molecule has 0 fully saturated rings. The Hall–Kier alpha value is -0.640. The van der Waals surface area contributed by atoms with Crippen LogP contribution in [0.4, 0.5) is 0 Å². The first-order valence-electron chi connectivity index (χ1n) is 2.07. The van der Waals surface area contributed by atoms with Gasteiger partial charge in [-0.2, -0.15) is 0 Å². The van der Waals surface area contributed by atoms with Crippen molar-refractivity contribution in [2.75, 3.05) is 0 Å². The smallest absolute Gasteiger partial charge is 0.364 e. The summed E-state index contributed by atoms with van der Waals surface area (Å²) < 4.78 is 14.5. The van der Waals surface area contributed by atoms with Crippen LogP contribution in [0, 0.1) is 0 Å². The number of hydrogen-bond acceptors (Lipinski definition) is 3. The Morgan fingerprint density at radius 3 is 2.56 bits per heavy atom. The molecule has 0 atom stereocenters. The van der Waals surface area contributed by atoms with Crippen molar-refractivity contribution in [2.24, 2.45) is 0 Å². The molecule has 0 saturated heterocycles. The highest BCUT2D eigenvalue weighted by Gasteiger charge is 2.19. The lowest BCUT2D eigenvalue weighted by Crippen LogP contribution is -2.02. The maximum absolute atomic E-state index is 10.3. The van der Waals surface area contributed by atoms with Crippen LogP contribution in [-0.4, -0.2) is 14.9 Å². The molecule has 0 radical (unpaired) electrons. The quantitative estimate of drug-likeness (QED) is 0.524. The van der Waals surface area contributed by atoms with Crippen LogP contribution in [0.25, 0.3) is 0 Å². The highest BCUT2D eigenvalue weighted by molar-refractivity contribution is 7.59. The van der Waals surface area contributed by atoms with Crippen molar-refractivity contribution in [1.29, 1.82) is 0 Å². The third kappa shape index (κ3) is 1.38. The lowest BCUT2D eigenvalue weighted by atomic mass is 10.8. The van der Waals surface area contributed by atoms with Gasteiger partial charge in [-0.1, -0.05) is 5.16 Å². The lowest BCUT2D eigenvalue weighted by Gasteiger charge is -1.93. The standard InChI is InChI=1S/C3H4NO4P/c5-9(6,7)3-1-2-8-4-3/h1-2H,(H2,5,6,7). The molecule has 1 aromatic heterocycles. The monoisotopic (exact) mass is 149 g/mol. The molecule has 0 aliphatic carbocycles. The topological polar surface area (TPSA) is 83.6 Å². The molecule has 9 heavy (non-hydrogen) atoms. The fraction of sp³-hybridized carbons (Fsp3) is 0. The highest BCUT2D eigenvalue weighted by Crippen LogP contribution is 2.31. The maximum Gasteiger partial charge on any atom is 0.377 e. The molecular formula is C3H4NO4P. The van der Waals surface area contributed by atoms with Crippen LogP contribution >= 0.6 is 7.60 Å². The van der Waals surface area contributed by atoms with Crippen molar-refractivity contribution in [3.05, 3.63) is 12.3 Å². The zero-order chi connectivity index (χ0) is 6.91. The van der Waals surface area contributed by atoms with Gasteiger partial charge in [-0.25, -0.2) is 0 Å². The maximum atomic E-state index is 10.3. The SMILES string of the molecule is O=P(O)(O)c1ccon1. The highest BCUT2D eigenvalue weighted by atomic mass is 31.2. The fourth-order valence-corrected chi connectivity index (χ4v) is 0.765. The molecule has 5 nitrogen and oxygen atoms in total. The average molecular weight is 149 g/mol. The summed E-state index contributed by atoms with van der Waals surface area (Å²) in [5.41, 5.74) is -0.331. The molecule has 1 aromatic rings. The van der Waals surface area contributed by atoms with Crippen molar-refractivity contribution in [2.45, 2.75) is 0 Å². The largest absolute Gasteiger partial charge is 0.377 e. The molecule has 0 amide bonds. The average Bonchev–Trinajstić information content (AvgIpc) is 2.08. The van der Waals surface area contributed by atoms with Crippen LogP contribution in [0.15, 0.2) is 16.9 Å². The summed E-state index contributed by atoms with van der Waals surface area (Å²) in [7, 11) is -4.18. The van der Waals surface area contributed by atoms with E-state index in [1.165, 1.54) is 0 Å². The first-order chi connectivity index (χ1) is 4.11. The normalized spacial score (nSPS) is 11.8. The summed E-state index contributed by atoms with van der Waals surface area (Å²) in [6.45, 7) is 0. The van der Waals surface area contributed by atoms with E-state index < -0.39 is 7.60 Å². The van der Waals surface area contributed by atoms with Crippen LogP contribution in [0.3, 0.4) is 0 Å². The van der Waals surface area contributed by atoms with E-state index in [2.05, 4.69) is 9.68 Å². The second kappa shape index (κ2) is 1.95. The fourth-order valence-electron chi connectivity index (χ4n) is 0.356. The minimum absolute atomic E-state index is 0.331. The molecule has 0 unspecified atom stereocenters. The van der Waals surface area contributed by atoms with Gasteiger partial charge in [0.25, 0.3) is 0 Å². The first kappa shape index (κ1) is 6.48. The summed E-state index contributed by atoms with van der Waals surface area (Å²) in [4.78, 5) is 16.7. The lowest BCUT2D eigenvalue weighted by molar-refractivity contribution is 0.378. The number of hydrogen-bond donors (Lipinski definition) is 2. The number of rotatable bonds is 1. The van der Waals surface area contributed by atoms with E-state index in [4.69, 9.17) is 9.79 Å². The molecule has 0 aliphatic rings. The van der Waals surface area contributed by atoms with Crippen molar-refractivity contribution in [1.82, 2.24) is 5.16 Å². The van der Waals surface area contributed by atoms with Crippen LogP contribution in [0.1, 0.15) is 0 Å². The third-order valence-electron chi connectivity index (χ3n) is 0.723. The zero-order valence-electron chi connectivity index (χ0n) is 4.26. The van der Waals surface area contributed by atoms with E-state index in [1.807, 2.05) is 0 Å². The molecule has 0 aliphatic heterocycles. The summed E-state index contributed by atoms with van der Waals surface area (Å²) in [6.07, 6.45) is 1.11. The molecule has 0 aromatic carbocycles. The molecule has 0 spiro atoms. The van der Waals surface area contributed by atoms with Crippen molar-refractivity contribution < 1.29 is 18.9 Å². The Balaban J connectivity index is 3.04. The molecule has 1 rings (SSSR count). The third-order valence-corrected chi connectivity index (χ3v) is 1.55. The van der Waals surface area contributed by atoms with Crippen molar-refractivity contribution >= 4 is 13.0 Å². The molecule has 0 saturated carbocycles. The van der Waals surface area contributed by atoms with E-state index in [0.29, 0.717) is 0 Å². The Bertz CT molecular complexity index is 224. The van der Waals surface area contributed by atoms with Crippen LogP contribution in [0.2, 0.25) is 0 Å².